The van der Waals surface area contributed by atoms with E-state index in [2.05, 4.69) is 203 Å². The van der Waals surface area contributed by atoms with Gasteiger partial charge in [0.05, 0.1) is 27.8 Å². The van der Waals surface area contributed by atoms with Crippen molar-refractivity contribution in [2.75, 3.05) is 0 Å². The second-order valence-electron chi connectivity index (χ2n) is 14.1. The number of aromatic nitrogens is 5. The first kappa shape index (κ1) is 31.9. The van der Waals surface area contributed by atoms with Gasteiger partial charge in [-0.15, -0.1) is 0 Å². The lowest BCUT2D eigenvalue weighted by molar-refractivity contribution is 0.952. The summed E-state index contributed by atoms with van der Waals surface area (Å²) in [4.78, 5) is 16.0. The predicted octanol–water partition coefficient (Wildman–Crippen LogP) is 12.7. The van der Waals surface area contributed by atoms with Crippen molar-refractivity contribution >= 4 is 43.6 Å². The van der Waals surface area contributed by atoms with Crippen LogP contribution in [-0.2, 0) is 0 Å². The van der Waals surface area contributed by atoms with Gasteiger partial charge in [-0.2, -0.15) is 9.97 Å². The molecule has 11 rings (SSSR count). The molecule has 5 nitrogen and oxygen atoms in total. The van der Waals surface area contributed by atoms with Gasteiger partial charge >= 0.3 is 0 Å². The van der Waals surface area contributed by atoms with Gasteiger partial charge in [0.15, 0.2) is 11.6 Å². The van der Waals surface area contributed by atoms with Gasteiger partial charge in [0.1, 0.15) is 0 Å². The maximum Gasteiger partial charge on any atom is 0.238 e. The van der Waals surface area contributed by atoms with Crippen LogP contribution in [0.1, 0.15) is 0 Å². The lowest BCUT2D eigenvalue weighted by Gasteiger charge is -2.17. The molecule has 0 aliphatic heterocycles. The number of nitrogens with zero attached hydrogens (tertiary/aromatic N) is 5. The lowest BCUT2D eigenvalue weighted by atomic mass is 10.0. The molecule has 0 fully saturated rings. The SMILES string of the molecule is c1ccc(-c2ccc(-c3nc(-c4ccc(-c5ccccc5)cc4-n4c5ccccc5c5ccccc54)nc(-n4c5ccccc5c5ccccc54)n3)cc2)cc1. The van der Waals surface area contributed by atoms with E-state index in [-0.39, 0.29) is 0 Å². The highest BCUT2D eigenvalue weighted by atomic mass is 15.2. The maximum absolute atomic E-state index is 5.40. The molecule has 3 aromatic heterocycles. The van der Waals surface area contributed by atoms with Crippen LogP contribution in [0.3, 0.4) is 0 Å². The Morgan fingerprint density at radius 1 is 0.286 bits per heavy atom. The van der Waals surface area contributed by atoms with Crippen molar-refractivity contribution in [1.82, 2.24) is 24.1 Å². The first-order valence-corrected chi connectivity index (χ1v) is 18.9. The molecule has 56 heavy (non-hydrogen) atoms. The van der Waals surface area contributed by atoms with Crippen molar-refractivity contribution in [2.45, 2.75) is 0 Å². The number of fused-ring (bicyclic) bond motifs is 6. The zero-order valence-corrected chi connectivity index (χ0v) is 30.3. The number of benzene rings is 8. The second-order valence-corrected chi connectivity index (χ2v) is 14.1. The Bertz CT molecular complexity index is 3130. The van der Waals surface area contributed by atoms with E-state index in [9.17, 15) is 0 Å². The third kappa shape index (κ3) is 5.21. The Kier molecular flexibility index (Phi) is 7.42. The average Bonchev–Trinajstić information content (AvgIpc) is 3.80. The van der Waals surface area contributed by atoms with Gasteiger partial charge in [0.25, 0.3) is 0 Å². The fourth-order valence-corrected chi connectivity index (χ4v) is 8.19. The monoisotopic (exact) mass is 715 g/mol. The molecule has 8 aromatic carbocycles. The normalized spacial score (nSPS) is 11.6. The van der Waals surface area contributed by atoms with E-state index in [1.807, 2.05) is 6.07 Å². The van der Waals surface area contributed by atoms with Crippen LogP contribution in [0.4, 0.5) is 0 Å². The number of hydrogen-bond acceptors (Lipinski definition) is 3. The summed E-state index contributed by atoms with van der Waals surface area (Å²) < 4.78 is 4.54. The lowest BCUT2D eigenvalue weighted by Crippen LogP contribution is -2.08. The third-order valence-electron chi connectivity index (χ3n) is 10.8. The first-order chi connectivity index (χ1) is 27.8. The minimum absolute atomic E-state index is 0.565. The summed E-state index contributed by atoms with van der Waals surface area (Å²) in [6, 6.07) is 70.3. The Morgan fingerprint density at radius 2 is 0.679 bits per heavy atom. The van der Waals surface area contributed by atoms with Gasteiger partial charge in [-0.1, -0.05) is 164 Å². The van der Waals surface area contributed by atoms with Crippen molar-refractivity contribution in [3.63, 3.8) is 0 Å². The fourth-order valence-electron chi connectivity index (χ4n) is 8.19. The van der Waals surface area contributed by atoms with E-state index in [1.54, 1.807) is 0 Å². The summed E-state index contributed by atoms with van der Waals surface area (Å²) in [6.45, 7) is 0. The summed E-state index contributed by atoms with van der Waals surface area (Å²) in [5.41, 5.74) is 11.7. The van der Waals surface area contributed by atoms with Gasteiger partial charge in [0, 0.05) is 32.7 Å². The molecule has 0 N–H and O–H groups in total. The van der Waals surface area contributed by atoms with Crippen LogP contribution in [0, 0.1) is 0 Å². The smallest absolute Gasteiger partial charge is 0.238 e. The number of rotatable bonds is 6. The summed E-state index contributed by atoms with van der Waals surface area (Å²) >= 11 is 0. The molecule has 3 heterocycles. The molecule has 262 valence electrons. The molecular formula is C51H33N5. The largest absolute Gasteiger partial charge is 0.308 e. The fraction of sp³-hybridized carbons (Fsp3) is 0. The molecule has 0 saturated heterocycles. The molecular weight excluding hydrogens is 683 g/mol. The Balaban J connectivity index is 1.21. The van der Waals surface area contributed by atoms with Crippen LogP contribution >= 0.6 is 0 Å². The zero-order chi connectivity index (χ0) is 37.0. The molecule has 0 saturated carbocycles. The van der Waals surface area contributed by atoms with Gasteiger partial charge < -0.3 is 4.57 Å². The first-order valence-electron chi connectivity index (χ1n) is 18.9. The Labute approximate surface area is 323 Å². The quantitative estimate of drug-likeness (QED) is 0.172. The van der Waals surface area contributed by atoms with E-state index >= 15 is 0 Å². The van der Waals surface area contributed by atoms with Crippen molar-refractivity contribution < 1.29 is 0 Å². The number of para-hydroxylation sites is 4. The molecule has 0 amide bonds. The molecule has 0 aliphatic carbocycles. The zero-order valence-electron chi connectivity index (χ0n) is 30.3. The van der Waals surface area contributed by atoms with Crippen LogP contribution in [0.2, 0.25) is 0 Å². The van der Waals surface area contributed by atoms with Crippen LogP contribution in [0.25, 0.3) is 100 Å². The molecule has 0 radical (unpaired) electrons. The van der Waals surface area contributed by atoms with E-state index in [0.29, 0.717) is 17.6 Å². The van der Waals surface area contributed by atoms with Gasteiger partial charge in [-0.05, 0) is 58.7 Å². The van der Waals surface area contributed by atoms with Gasteiger partial charge in [-0.25, -0.2) is 4.98 Å². The van der Waals surface area contributed by atoms with Gasteiger partial charge in [-0.3, -0.25) is 4.57 Å². The van der Waals surface area contributed by atoms with Crippen LogP contribution in [0.15, 0.2) is 200 Å². The average molecular weight is 716 g/mol. The van der Waals surface area contributed by atoms with Crippen LogP contribution in [-0.4, -0.2) is 24.1 Å². The maximum atomic E-state index is 5.40. The Hall–Kier alpha value is -7.63. The Morgan fingerprint density at radius 3 is 1.21 bits per heavy atom. The van der Waals surface area contributed by atoms with E-state index in [0.717, 1.165) is 71.9 Å². The second kappa shape index (κ2) is 13.0. The standard InChI is InChI=1S/C51H33N5/c1-3-15-34(16-4-1)36-27-29-37(30-28-36)49-52-50(54-51(53-49)56-46-25-13-9-21-41(46)42-22-10-14-26-47(42)56)43-32-31-38(35-17-5-2-6-18-35)33-48(43)55-44-23-11-7-19-39(44)40-20-8-12-24-45(40)55/h1-33H. The molecule has 0 spiro atoms. The molecule has 0 bridgehead atoms. The minimum Gasteiger partial charge on any atom is -0.308 e. The van der Waals surface area contributed by atoms with Crippen molar-refractivity contribution in [3.8, 4) is 56.7 Å². The summed E-state index contributed by atoms with van der Waals surface area (Å²) in [6.07, 6.45) is 0. The highest BCUT2D eigenvalue weighted by Gasteiger charge is 2.22. The van der Waals surface area contributed by atoms with Crippen LogP contribution in [0.5, 0.6) is 0 Å². The highest BCUT2D eigenvalue weighted by Crippen LogP contribution is 2.39. The van der Waals surface area contributed by atoms with Crippen LogP contribution < -0.4 is 0 Å². The van der Waals surface area contributed by atoms with Gasteiger partial charge in [0.2, 0.25) is 5.95 Å². The summed E-state index contributed by atoms with van der Waals surface area (Å²) in [7, 11) is 0. The van der Waals surface area contributed by atoms with Crippen molar-refractivity contribution in [3.05, 3.63) is 200 Å². The van der Waals surface area contributed by atoms with Crippen molar-refractivity contribution in [1.29, 1.82) is 0 Å². The molecule has 0 unspecified atom stereocenters. The third-order valence-corrected chi connectivity index (χ3v) is 10.8. The summed E-state index contributed by atoms with van der Waals surface area (Å²) in [5.74, 6) is 1.76. The van der Waals surface area contributed by atoms with E-state index in [4.69, 9.17) is 15.0 Å². The number of hydrogen-bond donors (Lipinski definition) is 0. The summed E-state index contributed by atoms with van der Waals surface area (Å²) in [5, 5.41) is 4.69. The van der Waals surface area contributed by atoms with E-state index in [1.165, 1.54) is 10.8 Å². The van der Waals surface area contributed by atoms with E-state index < -0.39 is 0 Å². The predicted molar refractivity (Wildman–Crippen MR) is 230 cm³/mol. The topological polar surface area (TPSA) is 48.5 Å². The molecule has 0 atom stereocenters. The molecule has 5 heteroatoms. The molecule has 11 aromatic rings. The minimum atomic E-state index is 0.565. The highest BCUT2D eigenvalue weighted by molar-refractivity contribution is 6.10. The molecule has 0 aliphatic rings. The van der Waals surface area contributed by atoms with Crippen molar-refractivity contribution in [2.24, 2.45) is 0 Å².